The fourth-order valence-corrected chi connectivity index (χ4v) is 3.98. The normalized spacial score (nSPS) is 20.0. The van der Waals surface area contributed by atoms with Gasteiger partial charge in [0.2, 0.25) is 0 Å². The largest absolute Gasteiger partial charge is 0.497 e. The molecule has 2 aliphatic rings. The van der Waals surface area contributed by atoms with Gasteiger partial charge in [-0.2, -0.15) is 13.2 Å². The number of methoxy groups -OCH3 is 1. The molecule has 1 saturated carbocycles. The van der Waals surface area contributed by atoms with Crippen molar-refractivity contribution < 1.29 is 22.5 Å². The number of anilines is 1. The van der Waals surface area contributed by atoms with Crippen molar-refractivity contribution in [3.63, 3.8) is 0 Å². The van der Waals surface area contributed by atoms with E-state index in [-0.39, 0.29) is 11.1 Å². The molecular weight excluding hydrogens is 365 g/mol. The maximum absolute atomic E-state index is 13.3. The molecule has 0 amide bonds. The summed E-state index contributed by atoms with van der Waals surface area (Å²) in [5.74, 6) is 1.41. The van der Waals surface area contributed by atoms with Gasteiger partial charge in [0, 0.05) is 6.42 Å². The van der Waals surface area contributed by atoms with Crippen LogP contribution in [0.1, 0.15) is 36.4 Å². The lowest BCUT2D eigenvalue weighted by atomic mass is 10.00. The van der Waals surface area contributed by atoms with E-state index < -0.39 is 11.7 Å². The second-order valence-corrected chi connectivity index (χ2v) is 7.21. The molecular formula is C19H19ClF3N2O+. The van der Waals surface area contributed by atoms with Crippen LogP contribution in [-0.4, -0.2) is 19.7 Å². The molecule has 26 heavy (non-hydrogen) atoms. The first-order valence-corrected chi connectivity index (χ1v) is 8.99. The SMILES string of the molecule is COc1ccc(C2CCN(C3CC3)c3c(Cl)cc(C(F)(F)F)c[n+]32)cc1. The predicted octanol–water partition coefficient (Wildman–Crippen LogP) is 4.62. The van der Waals surface area contributed by atoms with E-state index in [1.165, 1.54) is 6.20 Å². The minimum absolute atomic E-state index is 0.157. The number of halogens is 4. The summed E-state index contributed by atoms with van der Waals surface area (Å²) in [6.07, 6.45) is -0.379. The van der Waals surface area contributed by atoms with Gasteiger partial charge in [-0.25, -0.2) is 4.57 Å². The number of rotatable bonds is 3. The van der Waals surface area contributed by atoms with Gasteiger partial charge in [-0.1, -0.05) is 23.7 Å². The summed E-state index contributed by atoms with van der Waals surface area (Å²) in [7, 11) is 1.59. The first kappa shape index (κ1) is 17.5. The quantitative estimate of drug-likeness (QED) is 0.719. The van der Waals surface area contributed by atoms with E-state index in [9.17, 15) is 13.2 Å². The molecule has 1 fully saturated rings. The maximum Gasteiger partial charge on any atom is 0.419 e. The number of nitrogens with zero attached hydrogens (tertiary/aromatic N) is 2. The molecule has 1 aliphatic carbocycles. The lowest BCUT2D eigenvalue weighted by molar-refractivity contribution is -0.707. The molecule has 0 spiro atoms. The zero-order valence-electron chi connectivity index (χ0n) is 14.3. The fraction of sp³-hybridized carbons (Fsp3) is 0.421. The number of hydrogen-bond acceptors (Lipinski definition) is 2. The second kappa shape index (κ2) is 6.34. The molecule has 3 nitrogen and oxygen atoms in total. The summed E-state index contributed by atoms with van der Waals surface area (Å²) in [6, 6.07) is 8.70. The van der Waals surface area contributed by atoms with E-state index in [0.717, 1.165) is 43.2 Å². The van der Waals surface area contributed by atoms with Gasteiger partial charge in [0.15, 0.2) is 0 Å². The van der Waals surface area contributed by atoms with Crippen molar-refractivity contribution >= 4 is 17.4 Å². The maximum atomic E-state index is 13.3. The highest BCUT2D eigenvalue weighted by atomic mass is 35.5. The summed E-state index contributed by atoms with van der Waals surface area (Å²) in [4.78, 5) is 2.16. The van der Waals surface area contributed by atoms with Crippen LogP contribution in [0.15, 0.2) is 36.5 Å². The Morgan fingerprint density at radius 3 is 2.42 bits per heavy atom. The van der Waals surface area contributed by atoms with Gasteiger partial charge in [-0.05, 0) is 36.6 Å². The molecule has 7 heteroatoms. The van der Waals surface area contributed by atoms with Gasteiger partial charge in [-0.3, -0.25) is 4.90 Å². The molecule has 2 heterocycles. The Balaban J connectivity index is 1.83. The number of aromatic nitrogens is 1. The molecule has 0 N–H and O–H groups in total. The summed E-state index contributed by atoms with van der Waals surface area (Å²) >= 11 is 6.34. The number of pyridine rings is 1. The molecule has 0 radical (unpaired) electrons. The molecule has 2 aromatic rings. The van der Waals surface area contributed by atoms with Crippen LogP contribution in [0.5, 0.6) is 5.75 Å². The molecule has 1 unspecified atom stereocenters. The van der Waals surface area contributed by atoms with Crippen LogP contribution in [0.4, 0.5) is 19.0 Å². The first-order chi connectivity index (χ1) is 12.4. The van der Waals surface area contributed by atoms with E-state index in [1.807, 2.05) is 24.3 Å². The summed E-state index contributed by atoms with van der Waals surface area (Å²) in [5.41, 5.74) is 0.227. The van der Waals surface area contributed by atoms with Gasteiger partial charge in [0.25, 0.3) is 5.82 Å². The lowest BCUT2D eigenvalue weighted by Crippen LogP contribution is -2.53. The van der Waals surface area contributed by atoms with E-state index in [0.29, 0.717) is 11.9 Å². The summed E-state index contributed by atoms with van der Waals surface area (Å²) in [5, 5.41) is 0.157. The van der Waals surface area contributed by atoms with Crippen molar-refractivity contribution in [2.75, 3.05) is 18.6 Å². The minimum atomic E-state index is -4.43. The van der Waals surface area contributed by atoms with Crippen LogP contribution < -0.4 is 14.2 Å². The topological polar surface area (TPSA) is 16.4 Å². The number of fused-ring (bicyclic) bond motifs is 1. The minimum Gasteiger partial charge on any atom is -0.497 e. The van der Waals surface area contributed by atoms with Gasteiger partial charge < -0.3 is 4.74 Å². The monoisotopic (exact) mass is 383 g/mol. The number of ether oxygens (including phenoxy) is 1. The Labute approximate surface area is 154 Å². The third kappa shape index (κ3) is 3.11. The van der Waals surface area contributed by atoms with Crippen LogP contribution in [0, 0.1) is 0 Å². The van der Waals surface area contributed by atoms with Crippen LogP contribution in [0.2, 0.25) is 5.02 Å². The van der Waals surface area contributed by atoms with Crippen molar-refractivity contribution in [2.24, 2.45) is 0 Å². The van der Waals surface area contributed by atoms with Crippen molar-refractivity contribution in [3.8, 4) is 5.75 Å². The molecule has 1 aliphatic heterocycles. The van der Waals surface area contributed by atoms with Crippen LogP contribution in [0.25, 0.3) is 0 Å². The van der Waals surface area contributed by atoms with E-state index in [1.54, 1.807) is 11.7 Å². The molecule has 0 bridgehead atoms. The highest BCUT2D eigenvalue weighted by molar-refractivity contribution is 6.32. The van der Waals surface area contributed by atoms with E-state index >= 15 is 0 Å². The molecule has 1 atom stereocenters. The number of alkyl halides is 3. The van der Waals surface area contributed by atoms with Crippen molar-refractivity contribution in [1.82, 2.24) is 0 Å². The summed E-state index contributed by atoms with van der Waals surface area (Å²) < 4.78 is 46.9. The van der Waals surface area contributed by atoms with Gasteiger partial charge in [-0.15, -0.1) is 0 Å². The Kier molecular flexibility index (Phi) is 4.26. The van der Waals surface area contributed by atoms with Crippen molar-refractivity contribution in [2.45, 2.75) is 37.5 Å². The molecule has 1 aromatic heterocycles. The van der Waals surface area contributed by atoms with Crippen LogP contribution in [0.3, 0.4) is 0 Å². The Morgan fingerprint density at radius 2 is 1.85 bits per heavy atom. The zero-order valence-corrected chi connectivity index (χ0v) is 15.0. The summed E-state index contributed by atoms with van der Waals surface area (Å²) in [6.45, 7) is 0.784. The fourth-order valence-electron chi connectivity index (χ4n) is 3.65. The molecule has 0 saturated heterocycles. The smallest absolute Gasteiger partial charge is 0.419 e. The van der Waals surface area contributed by atoms with Gasteiger partial charge >= 0.3 is 6.18 Å². The zero-order chi connectivity index (χ0) is 18.5. The molecule has 4 rings (SSSR count). The van der Waals surface area contributed by atoms with E-state index in [2.05, 4.69) is 4.90 Å². The standard InChI is InChI=1S/C19H19ClF3N2O/c1-26-15-6-2-12(3-7-15)17-8-9-24(14-4-5-14)18-16(20)10-13(11-25(17)18)19(21,22)23/h2-3,6-7,10-11,14,17H,4-5,8-9H2,1H3/q+1. The third-order valence-electron chi connectivity index (χ3n) is 5.09. The molecule has 138 valence electrons. The second-order valence-electron chi connectivity index (χ2n) is 6.81. The average molecular weight is 384 g/mol. The first-order valence-electron chi connectivity index (χ1n) is 8.61. The Morgan fingerprint density at radius 1 is 1.15 bits per heavy atom. The average Bonchev–Trinajstić information content (AvgIpc) is 3.45. The third-order valence-corrected chi connectivity index (χ3v) is 5.36. The number of hydrogen-bond donors (Lipinski definition) is 0. The molecule has 1 aromatic carbocycles. The predicted molar refractivity (Wildman–Crippen MR) is 92.8 cm³/mol. The van der Waals surface area contributed by atoms with Crippen LogP contribution >= 0.6 is 11.6 Å². The van der Waals surface area contributed by atoms with Crippen molar-refractivity contribution in [1.29, 1.82) is 0 Å². The van der Waals surface area contributed by atoms with E-state index in [4.69, 9.17) is 16.3 Å². The number of benzene rings is 1. The lowest BCUT2D eigenvalue weighted by Gasteiger charge is -2.31. The Bertz CT molecular complexity index is 819. The highest BCUT2D eigenvalue weighted by Crippen LogP contribution is 2.40. The van der Waals surface area contributed by atoms with Gasteiger partial charge in [0.1, 0.15) is 23.0 Å². The van der Waals surface area contributed by atoms with Crippen molar-refractivity contribution in [3.05, 3.63) is 52.7 Å². The Hall–Kier alpha value is -1.95. The highest BCUT2D eigenvalue weighted by Gasteiger charge is 2.45. The van der Waals surface area contributed by atoms with Gasteiger partial charge in [0.05, 0.1) is 25.3 Å². The van der Waals surface area contributed by atoms with Crippen LogP contribution in [-0.2, 0) is 6.18 Å².